The van der Waals surface area contributed by atoms with Gasteiger partial charge in [-0.3, -0.25) is 19.8 Å². The average molecular weight is 768 g/mol. The van der Waals surface area contributed by atoms with E-state index in [0.717, 1.165) is 48.3 Å². The molecule has 0 unspecified atom stereocenters. The third-order valence-corrected chi connectivity index (χ3v) is 10.6. The number of piperazine rings is 1. The van der Waals surface area contributed by atoms with Crippen LogP contribution in [0.4, 0.5) is 39.1 Å². The summed E-state index contributed by atoms with van der Waals surface area (Å²) in [4.78, 5) is 39.6. The zero-order valence-corrected chi connectivity index (χ0v) is 29.4. The standard InChI is InChI=1S/C30H33F2N9O4S.C2HF3O2/c1-17-11-25(36-35-17)29(43)33-24-15-20(40-9-7-39(4)8-10-40)5-6-22(24)28(42)34-27-23-16-41(30(2,3)26(23)37-38-27)46(44,45)21-13-18(31)12-19(32)14-21;3-2(4,5)1(6)7/h5-6,11-15H,7-10,16H2,1-4H3,(H,33,43)(H,35,36)(H2,34,37,38,42);(H,6,7). The van der Waals surface area contributed by atoms with Crippen LogP contribution in [-0.2, 0) is 26.9 Å². The number of aromatic nitrogens is 4. The Balaban J connectivity index is 0.000000705. The highest BCUT2D eigenvalue weighted by atomic mass is 32.2. The normalized spacial score (nSPS) is 16.1. The molecule has 0 radical (unpaired) electrons. The van der Waals surface area contributed by atoms with Gasteiger partial charge in [0.05, 0.1) is 27.4 Å². The molecule has 15 nitrogen and oxygen atoms in total. The molecule has 4 aromatic rings. The third kappa shape index (κ3) is 8.31. The number of aliphatic carboxylic acids is 1. The molecule has 0 atom stereocenters. The van der Waals surface area contributed by atoms with E-state index in [4.69, 9.17) is 9.90 Å². The molecule has 5 N–H and O–H groups in total. The fourth-order valence-corrected chi connectivity index (χ4v) is 7.54. The Morgan fingerprint density at radius 1 is 0.906 bits per heavy atom. The van der Waals surface area contributed by atoms with Crippen LogP contribution >= 0.6 is 0 Å². The lowest BCUT2D eigenvalue weighted by molar-refractivity contribution is -0.192. The van der Waals surface area contributed by atoms with Crippen LogP contribution < -0.4 is 15.5 Å². The molecule has 0 saturated carbocycles. The molecule has 2 aromatic carbocycles. The van der Waals surface area contributed by atoms with Crippen molar-refractivity contribution >= 4 is 45.0 Å². The fourth-order valence-electron chi connectivity index (χ4n) is 5.78. The molecule has 6 rings (SSSR count). The predicted molar refractivity (Wildman–Crippen MR) is 180 cm³/mol. The van der Waals surface area contributed by atoms with Crippen LogP contribution in [-0.4, -0.2) is 100 Å². The molecule has 0 aliphatic carbocycles. The highest BCUT2D eigenvalue weighted by Gasteiger charge is 2.48. The number of halogens is 5. The van der Waals surface area contributed by atoms with Gasteiger partial charge in [0.1, 0.15) is 11.6 Å². The topological polar surface area (TPSA) is 197 Å². The molecule has 2 aliphatic rings. The summed E-state index contributed by atoms with van der Waals surface area (Å²) >= 11 is 0. The smallest absolute Gasteiger partial charge is 0.475 e. The van der Waals surface area contributed by atoms with Crippen LogP contribution in [0.5, 0.6) is 0 Å². The Morgan fingerprint density at radius 3 is 2.09 bits per heavy atom. The van der Waals surface area contributed by atoms with E-state index in [2.05, 4.69) is 40.8 Å². The minimum absolute atomic E-state index is 0.0829. The maximum atomic E-state index is 13.9. The largest absolute Gasteiger partial charge is 0.490 e. The second-order valence-electron chi connectivity index (χ2n) is 12.8. The van der Waals surface area contributed by atoms with Crippen LogP contribution in [0.1, 0.15) is 51.6 Å². The van der Waals surface area contributed by atoms with E-state index >= 15 is 0 Å². The number of nitrogens with zero attached hydrogens (tertiary/aromatic N) is 5. The molecule has 53 heavy (non-hydrogen) atoms. The minimum Gasteiger partial charge on any atom is -0.475 e. The number of carbonyl (C=O) groups excluding carboxylic acids is 2. The van der Waals surface area contributed by atoms with Crippen LogP contribution in [0.2, 0.25) is 0 Å². The first-order valence-corrected chi connectivity index (χ1v) is 17.2. The van der Waals surface area contributed by atoms with E-state index < -0.39 is 56.1 Å². The van der Waals surface area contributed by atoms with Crippen LogP contribution in [0.15, 0.2) is 47.4 Å². The molecule has 0 spiro atoms. The van der Waals surface area contributed by atoms with Crippen LogP contribution in [0.3, 0.4) is 0 Å². The fraction of sp³-hybridized carbons (Fsp3) is 0.344. The Morgan fingerprint density at radius 2 is 1.53 bits per heavy atom. The summed E-state index contributed by atoms with van der Waals surface area (Å²) in [5.74, 6) is -5.82. The van der Waals surface area contributed by atoms with E-state index in [-0.39, 0.29) is 29.3 Å². The number of fused-ring (bicyclic) bond motifs is 1. The summed E-state index contributed by atoms with van der Waals surface area (Å²) in [5.41, 5.74) is 1.69. The lowest BCUT2D eigenvalue weighted by Crippen LogP contribution is -2.44. The first kappa shape index (κ1) is 38.8. The Kier molecular flexibility index (Phi) is 10.7. The maximum Gasteiger partial charge on any atom is 0.490 e. The van der Waals surface area contributed by atoms with Crippen molar-refractivity contribution in [2.75, 3.05) is 48.8 Å². The first-order valence-electron chi connectivity index (χ1n) is 15.8. The highest BCUT2D eigenvalue weighted by molar-refractivity contribution is 7.89. The number of aryl methyl sites for hydroxylation is 1. The molecule has 2 aromatic heterocycles. The molecule has 1 fully saturated rings. The number of nitrogens with one attached hydrogen (secondary N) is 4. The van der Waals surface area contributed by atoms with Gasteiger partial charge in [-0.25, -0.2) is 22.0 Å². The number of carboxylic acid groups (broad SMARTS) is 1. The molecule has 21 heteroatoms. The van der Waals surface area contributed by atoms with Crippen molar-refractivity contribution in [3.8, 4) is 0 Å². The van der Waals surface area contributed by atoms with E-state index in [0.29, 0.717) is 23.0 Å². The van der Waals surface area contributed by atoms with Gasteiger partial charge in [-0.15, -0.1) is 0 Å². The SMILES string of the molecule is Cc1cc(C(=O)Nc2cc(N3CCN(C)CC3)ccc2C(=O)Nc2n[nH]c3c2CN(S(=O)(=O)c2cc(F)cc(F)c2)C3(C)C)n[nH]1.O=C(O)C(F)(F)F. The van der Waals surface area contributed by atoms with Crippen LogP contribution in [0, 0.1) is 18.6 Å². The van der Waals surface area contributed by atoms with Gasteiger partial charge in [-0.05, 0) is 64.2 Å². The van der Waals surface area contributed by atoms with Gasteiger partial charge in [-0.1, -0.05) is 0 Å². The van der Waals surface area contributed by atoms with E-state index in [1.54, 1.807) is 45.0 Å². The number of amides is 2. The lowest BCUT2D eigenvalue weighted by atomic mass is 10.0. The molecule has 2 aliphatic heterocycles. The number of aromatic amines is 2. The average Bonchev–Trinajstić information content (AvgIpc) is 3.76. The predicted octanol–water partition coefficient (Wildman–Crippen LogP) is 4.05. The summed E-state index contributed by atoms with van der Waals surface area (Å²) in [5, 5.41) is 26.5. The Labute approximate surface area is 299 Å². The van der Waals surface area contributed by atoms with Gasteiger partial charge in [0, 0.05) is 55.7 Å². The third-order valence-electron chi connectivity index (χ3n) is 8.61. The molecule has 2 amide bonds. The quantitative estimate of drug-likeness (QED) is 0.171. The monoisotopic (exact) mass is 767 g/mol. The van der Waals surface area contributed by atoms with Gasteiger partial charge in [-0.2, -0.15) is 27.7 Å². The Hall–Kier alpha value is -5.41. The molecular weight excluding hydrogens is 733 g/mol. The number of hydrogen-bond acceptors (Lipinski definition) is 9. The van der Waals surface area contributed by atoms with E-state index in [9.17, 15) is 40.0 Å². The van der Waals surface area contributed by atoms with Gasteiger partial charge in [0.25, 0.3) is 11.8 Å². The maximum absolute atomic E-state index is 13.9. The van der Waals surface area contributed by atoms with Gasteiger partial charge >= 0.3 is 12.1 Å². The van der Waals surface area contributed by atoms with Crippen molar-refractivity contribution in [1.29, 1.82) is 0 Å². The zero-order chi connectivity index (χ0) is 39.0. The summed E-state index contributed by atoms with van der Waals surface area (Å²) in [6, 6.07) is 8.86. The number of benzene rings is 2. The molecule has 4 heterocycles. The van der Waals surface area contributed by atoms with Gasteiger partial charge in [0.15, 0.2) is 11.5 Å². The lowest BCUT2D eigenvalue weighted by Gasteiger charge is -2.34. The van der Waals surface area contributed by atoms with Crippen molar-refractivity contribution in [2.24, 2.45) is 0 Å². The number of alkyl halides is 3. The number of anilines is 3. The van der Waals surface area contributed by atoms with E-state index in [1.165, 1.54) is 0 Å². The van der Waals surface area contributed by atoms with Crippen LogP contribution in [0.25, 0.3) is 0 Å². The first-order chi connectivity index (χ1) is 24.7. The molecular formula is C32H34F5N9O6S. The Bertz CT molecular complexity index is 2140. The van der Waals surface area contributed by atoms with Gasteiger partial charge in [0.2, 0.25) is 10.0 Å². The highest BCUT2D eigenvalue weighted by Crippen LogP contribution is 2.44. The van der Waals surface area contributed by atoms with E-state index in [1.807, 2.05) is 7.05 Å². The molecule has 0 bridgehead atoms. The second-order valence-corrected chi connectivity index (χ2v) is 14.6. The number of carboxylic acids is 1. The van der Waals surface area contributed by atoms with Crippen molar-refractivity contribution in [3.05, 3.63) is 82.3 Å². The minimum atomic E-state index is -5.08. The molecule has 284 valence electrons. The molecule has 1 saturated heterocycles. The number of carbonyl (C=O) groups is 3. The van der Waals surface area contributed by atoms with Crippen molar-refractivity contribution in [3.63, 3.8) is 0 Å². The number of sulfonamides is 1. The van der Waals surface area contributed by atoms with Gasteiger partial charge < -0.3 is 25.5 Å². The summed E-state index contributed by atoms with van der Waals surface area (Å²) in [7, 11) is -2.31. The summed E-state index contributed by atoms with van der Waals surface area (Å²) in [6.07, 6.45) is -5.08. The number of rotatable bonds is 7. The number of likely N-dealkylation sites (N-methyl/N-ethyl adjacent to an activating group) is 1. The number of hydrogen-bond donors (Lipinski definition) is 5. The zero-order valence-electron chi connectivity index (χ0n) is 28.6. The van der Waals surface area contributed by atoms with Crippen molar-refractivity contribution in [2.45, 2.75) is 43.9 Å². The van der Waals surface area contributed by atoms with Crippen molar-refractivity contribution in [1.82, 2.24) is 29.6 Å². The summed E-state index contributed by atoms with van der Waals surface area (Å²) in [6.45, 7) is 8.04. The number of H-pyrrole nitrogens is 2. The second kappa shape index (κ2) is 14.5. The summed E-state index contributed by atoms with van der Waals surface area (Å²) < 4.78 is 87.8. The van der Waals surface area contributed by atoms with Crippen molar-refractivity contribution < 1.29 is 49.9 Å².